The fraction of sp³-hybridized carbons (Fsp3) is 0.176. The van der Waals surface area contributed by atoms with Crippen LogP contribution in [0.2, 0.25) is 0 Å². The second kappa shape index (κ2) is 5.40. The van der Waals surface area contributed by atoms with E-state index >= 15 is 0 Å². The summed E-state index contributed by atoms with van der Waals surface area (Å²) >= 11 is 0. The second-order valence-corrected chi connectivity index (χ2v) is 4.91. The first-order valence-electron chi connectivity index (χ1n) is 6.94. The van der Waals surface area contributed by atoms with Crippen molar-refractivity contribution < 1.29 is 9.21 Å². The van der Waals surface area contributed by atoms with Crippen LogP contribution < -0.4 is 5.32 Å². The van der Waals surface area contributed by atoms with Gasteiger partial charge in [-0.2, -0.15) is 0 Å². The standard InChI is InChI=1S/C17H16N2O2/c1-3-12-6-4-5-7-13(12)19-17(20)16-10-14-15(21-16)9-8-11(2)18-14/h4-10H,3H2,1-2H3,(H,19,20). The Bertz CT molecular complexity index is 805. The Morgan fingerprint density at radius 1 is 1.24 bits per heavy atom. The van der Waals surface area contributed by atoms with Gasteiger partial charge in [-0.15, -0.1) is 0 Å². The Labute approximate surface area is 122 Å². The normalized spacial score (nSPS) is 10.8. The second-order valence-electron chi connectivity index (χ2n) is 4.91. The van der Waals surface area contributed by atoms with Gasteiger partial charge in [0.15, 0.2) is 11.3 Å². The van der Waals surface area contributed by atoms with E-state index in [1.807, 2.05) is 43.3 Å². The van der Waals surface area contributed by atoms with Crippen LogP contribution in [0.5, 0.6) is 0 Å². The third kappa shape index (κ3) is 2.65. The maximum Gasteiger partial charge on any atom is 0.291 e. The molecular weight excluding hydrogens is 264 g/mol. The number of aryl methyl sites for hydroxylation is 2. The first-order chi connectivity index (χ1) is 10.2. The molecule has 2 heterocycles. The molecule has 4 heteroatoms. The van der Waals surface area contributed by atoms with Crippen LogP contribution in [0.15, 0.2) is 46.9 Å². The number of carbonyl (C=O) groups excluding carboxylic acids is 1. The number of rotatable bonds is 3. The molecule has 0 saturated carbocycles. The molecule has 1 amide bonds. The van der Waals surface area contributed by atoms with E-state index in [9.17, 15) is 4.79 Å². The molecule has 2 aromatic heterocycles. The minimum atomic E-state index is -0.258. The van der Waals surface area contributed by atoms with Crippen molar-refractivity contribution in [1.82, 2.24) is 4.98 Å². The number of pyridine rings is 1. The lowest BCUT2D eigenvalue weighted by Gasteiger charge is -2.07. The van der Waals surface area contributed by atoms with Crippen LogP contribution in [0.1, 0.15) is 28.7 Å². The van der Waals surface area contributed by atoms with Crippen molar-refractivity contribution in [1.29, 1.82) is 0 Å². The molecule has 1 aromatic carbocycles. The van der Waals surface area contributed by atoms with Crippen LogP contribution in [-0.4, -0.2) is 10.9 Å². The number of benzene rings is 1. The minimum absolute atomic E-state index is 0.258. The van der Waals surface area contributed by atoms with E-state index < -0.39 is 0 Å². The van der Waals surface area contributed by atoms with E-state index in [1.165, 1.54) is 0 Å². The molecule has 3 aromatic rings. The number of hydrogen-bond acceptors (Lipinski definition) is 3. The lowest BCUT2D eigenvalue weighted by molar-refractivity contribution is 0.0998. The van der Waals surface area contributed by atoms with Crippen molar-refractivity contribution >= 4 is 22.7 Å². The number of anilines is 1. The predicted molar refractivity (Wildman–Crippen MR) is 82.5 cm³/mol. The topological polar surface area (TPSA) is 55.1 Å². The molecule has 0 atom stereocenters. The number of nitrogens with one attached hydrogen (secondary N) is 1. The number of para-hydroxylation sites is 1. The summed E-state index contributed by atoms with van der Waals surface area (Å²) in [6, 6.07) is 13.1. The maximum atomic E-state index is 12.3. The average molecular weight is 280 g/mol. The number of nitrogens with zero attached hydrogens (tertiary/aromatic N) is 1. The summed E-state index contributed by atoms with van der Waals surface area (Å²) in [4.78, 5) is 16.6. The molecule has 4 nitrogen and oxygen atoms in total. The van der Waals surface area contributed by atoms with E-state index in [-0.39, 0.29) is 11.7 Å². The van der Waals surface area contributed by atoms with Gasteiger partial charge in [0, 0.05) is 17.4 Å². The van der Waals surface area contributed by atoms with Gasteiger partial charge >= 0.3 is 0 Å². The maximum absolute atomic E-state index is 12.3. The Balaban J connectivity index is 1.90. The van der Waals surface area contributed by atoms with E-state index in [2.05, 4.69) is 17.2 Å². The fourth-order valence-corrected chi connectivity index (χ4v) is 2.27. The van der Waals surface area contributed by atoms with Crippen molar-refractivity contribution in [3.8, 4) is 0 Å². The van der Waals surface area contributed by atoms with Gasteiger partial charge in [-0.3, -0.25) is 4.79 Å². The van der Waals surface area contributed by atoms with E-state index in [0.29, 0.717) is 11.1 Å². The summed E-state index contributed by atoms with van der Waals surface area (Å²) in [6.07, 6.45) is 0.858. The molecule has 0 fully saturated rings. The summed E-state index contributed by atoms with van der Waals surface area (Å²) in [6.45, 7) is 3.96. The SMILES string of the molecule is CCc1ccccc1NC(=O)c1cc2nc(C)ccc2o1. The third-order valence-corrected chi connectivity index (χ3v) is 3.38. The van der Waals surface area contributed by atoms with Crippen molar-refractivity contribution in [3.63, 3.8) is 0 Å². The Kier molecular flexibility index (Phi) is 3.44. The molecule has 0 aliphatic rings. The number of amides is 1. The highest BCUT2D eigenvalue weighted by Gasteiger charge is 2.14. The lowest BCUT2D eigenvalue weighted by Crippen LogP contribution is -2.12. The van der Waals surface area contributed by atoms with Crippen LogP contribution in [0.3, 0.4) is 0 Å². The number of fused-ring (bicyclic) bond motifs is 1. The summed E-state index contributed by atoms with van der Waals surface area (Å²) in [5.74, 6) is 0.0144. The molecule has 0 radical (unpaired) electrons. The predicted octanol–water partition coefficient (Wildman–Crippen LogP) is 3.95. The first kappa shape index (κ1) is 13.4. The van der Waals surface area contributed by atoms with Crippen LogP contribution >= 0.6 is 0 Å². The molecule has 21 heavy (non-hydrogen) atoms. The van der Waals surface area contributed by atoms with Crippen molar-refractivity contribution in [2.24, 2.45) is 0 Å². The molecule has 106 valence electrons. The molecule has 0 aliphatic heterocycles. The van der Waals surface area contributed by atoms with Gasteiger partial charge in [-0.05, 0) is 37.1 Å². The molecule has 0 bridgehead atoms. The number of carbonyl (C=O) groups is 1. The summed E-state index contributed by atoms with van der Waals surface area (Å²) in [5, 5.41) is 2.89. The van der Waals surface area contributed by atoms with Gasteiger partial charge in [0.2, 0.25) is 0 Å². The van der Waals surface area contributed by atoms with Gasteiger partial charge in [-0.25, -0.2) is 4.98 Å². The zero-order valence-corrected chi connectivity index (χ0v) is 12.0. The fourth-order valence-electron chi connectivity index (χ4n) is 2.27. The monoisotopic (exact) mass is 280 g/mol. The number of hydrogen-bond donors (Lipinski definition) is 1. The summed E-state index contributed by atoms with van der Waals surface area (Å²) in [5.41, 5.74) is 4.12. The Hall–Kier alpha value is -2.62. The largest absolute Gasteiger partial charge is 0.449 e. The van der Waals surface area contributed by atoms with Crippen LogP contribution in [0.25, 0.3) is 11.1 Å². The molecule has 0 saturated heterocycles. The smallest absolute Gasteiger partial charge is 0.291 e. The summed E-state index contributed by atoms with van der Waals surface area (Å²) in [7, 11) is 0. The van der Waals surface area contributed by atoms with Crippen molar-refractivity contribution in [2.75, 3.05) is 5.32 Å². The molecular formula is C17H16N2O2. The molecule has 0 aliphatic carbocycles. The van der Waals surface area contributed by atoms with Gasteiger partial charge in [0.05, 0.1) is 0 Å². The van der Waals surface area contributed by atoms with E-state index in [0.717, 1.165) is 23.4 Å². The van der Waals surface area contributed by atoms with E-state index in [1.54, 1.807) is 6.07 Å². The van der Waals surface area contributed by atoms with E-state index in [4.69, 9.17) is 4.42 Å². The first-order valence-corrected chi connectivity index (χ1v) is 6.94. The van der Waals surface area contributed by atoms with Crippen LogP contribution in [-0.2, 0) is 6.42 Å². The molecule has 0 unspecified atom stereocenters. The lowest BCUT2D eigenvalue weighted by atomic mass is 10.1. The van der Waals surface area contributed by atoms with Crippen molar-refractivity contribution in [3.05, 3.63) is 59.5 Å². The summed E-state index contributed by atoms with van der Waals surface area (Å²) < 4.78 is 5.56. The van der Waals surface area contributed by atoms with Crippen LogP contribution in [0, 0.1) is 6.92 Å². The van der Waals surface area contributed by atoms with Gasteiger partial charge in [0.1, 0.15) is 5.52 Å². The molecule has 0 spiro atoms. The number of aromatic nitrogens is 1. The van der Waals surface area contributed by atoms with Gasteiger partial charge in [0.25, 0.3) is 5.91 Å². The molecule has 3 rings (SSSR count). The Morgan fingerprint density at radius 2 is 2.05 bits per heavy atom. The minimum Gasteiger partial charge on any atom is -0.449 e. The zero-order chi connectivity index (χ0) is 14.8. The average Bonchev–Trinajstić information content (AvgIpc) is 2.91. The zero-order valence-electron chi connectivity index (χ0n) is 12.0. The highest BCUT2D eigenvalue weighted by molar-refractivity contribution is 6.04. The highest BCUT2D eigenvalue weighted by Crippen LogP contribution is 2.21. The highest BCUT2D eigenvalue weighted by atomic mass is 16.3. The van der Waals surface area contributed by atoms with Crippen LogP contribution in [0.4, 0.5) is 5.69 Å². The quantitative estimate of drug-likeness (QED) is 0.790. The number of furan rings is 1. The van der Waals surface area contributed by atoms with Gasteiger partial charge in [-0.1, -0.05) is 25.1 Å². The van der Waals surface area contributed by atoms with Crippen molar-refractivity contribution in [2.45, 2.75) is 20.3 Å². The third-order valence-electron chi connectivity index (χ3n) is 3.38. The Morgan fingerprint density at radius 3 is 2.86 bits per heavy atom. The molecule has 1 N–H and O–H groups in total. The van der Waals surface area contributed by atoms with Gasteiger partial charge < -0.3 is 9.73 Å².